The van der Waals surface area contributed by atoms with Gasteiger partial charge in [-0.25, -0.2) is 4.79 Å². The third-order valence-electron chi connectivity index (χ3n) is 4.54. The maximum absolute atomic E-state index is 12.4. The number of likely N-dealkylation sites (N-methyl/N-ethyl adjacent to an activating group) is 2. The van der Waals surface area contributed by atoms with Gasteiger partial charge in [-0.3, -0.25) is 9.69 Å². The average molecular weight is 421 g/mol. The lowest BCUT2D eigenvalue weighted by Crippen LogP contribution is -2.56. The quantitative estimate of drug-likeness (QED) is 0.599. The van der Waals surface area contributed by atoms with Crippen LogP contribution in [0.3, 0.4) is 0 Å². The van der Waals surface area contributed by atoms with E-state index in [9.17, 15) is 24.9 Å². The van der Waals surface area contributed by atoms with Crippen LogP contribution < -0.4 is 0 Å². The van der Waals surface area contributed by atoms with Gasteiger partial charge >= 0.3 is 6.09 Å². The SMILES string of the molecule is CC(C)C(=O)N(C)CC(CC(O)CO)(c1ccc(Cl)c(Cl)c1)N(C)C(=O)O. The fraction of sp³-hybridized carbons (Fsp3) is 0.556. The molecule has 2 unspecified atom stereocenters. The van der Waals surface area contributed by atoms with E-state index in [0.717, 1.165) is 4.90 Å². The Morgan fingerprint density at radius 1 is 1.19 bits per heavy atom. The summed E-state index contributed by atoms with van der Waals surface area (Å²) in [6.07, 6.45) is -2.60. The van der Waals surface area contributed by atoms with Gasteiger partial charge in [0.15, 0.2) is 0 Å². The van der Waals surface area contributed by atoms with Crippen molar-refractivity contribution in [2.45, 2.75) is 31.9 Å². The molecule has 0 bridgehead atoms. The van der Waals surface area contributed by atoms with Crippen LogP contribution in [0.2, 0.25) is 10.0 Å². The lowest BCUT2D eigenvalue weighted by molar-refractivity contribution is -0.135. The van der Waals surface area contributed by atoms with Crippen molar-refractivity contribution in [1.29, 1.82) is 0 Å². The van der Waals surface area contributed by atoms with Crippen LogP contribution in [0.15, 0.2) is 18.2 Å². The molecule has 1 rings (SSSR count). The number of benzene rings is 1. The highest BCUT2D eigenvalue weighted by Crippen LogP contribution is 2.37. The zero-order valence-electron chi connectivity index (χ0n) is 15.8. The summed E-state index contributed by atoms with van der Waals surface area (Å²) < 4.78 is 0. The minimum absolute atomic E-state index is 0.0398. The molecule has 2 atom stereocenters. The number of hydrogen-bond acceptors (Lipinski definition) is 4. The van der Waals surface area contributed by atoms with Crippen molar-refractivity contribution in [1.82, 2.24) is 9.80 Å². The number of carbonyl (C=O) groups is 2. The molecule has 1 aromatic carbocycles. The van der Waals surface area contributed by atoms with Gasteiger partial charge in [0, 0.05) is 33.0 Å². The Bertz CT molecular complexity index is 686. The van der Waals surface area contributed by atoms with Gasteiger partial charge in [0.2, 0.25) is 5.91 Å². The molecule has 0 saturated carbocycles. The van der Waals surface area contributed by atoms with Crippen molar-refractivity contribution >= 4 is 35.2 Å². The van der Waals surface area contributed by atoms with Crippen LogP contribution >= 0.6 is 23.2 Å². The van der Waals surface area contributed by atoms with Gasteiger partial charge in [0.1, 0.15) is 0 Å². The minimum atomic E-state index is -1.35. The number of hydrogen-bond donors (Lipinski definition) is 3. The van der Waals surface area contributed by atoms with E-state index in [-0.39, 0.29) is 29.8 Å². The summed E-state index contributed by atoms with van der Waals surface area (Å²) >= 11 is 12.1. The van der Waals surface area contributed by atoms with Gasteiger partial charge in [0.25, 0.3) is 0 Å². The first-order chi connectivity index (χ1) is 12.5. The van der Waals surface area contributed by atoms with Crippen molar-refractivity contribution in [2.24, 2.45) is 5.92 Å². The molecule has 0 aliphatic carbocycles. The second-order valence-corrected chi connectivity index (χ2v) is 7.71. The second-order valence-electron chi connectivity index (χ2n) is 6.89. The van der Waals surface area contributed by atoms with Gasteiger partial charge in [-0.05, 0) is 17.7 Å². The predicted octanol–water partition coefficient (Wildman–Crippen LogP) is 2.66. The summed E-state index contributed by atoms with van der Waals surface area (Å²) in [5.41, 5.74) is -0.890. The van der Waals surface area contributed by atoms with Crippen molar-refractivity contribution in [2.75, 3.05) is 27.2 Å². The molecule has 27 heavy (non-hydrogen) atoms. The van der Waals surface area contributed by atoms with E-state index < -0.39 is 24.3 Å². The van der Waals surface area contributed by atoms with Gasteiger partial charge < -0.3 is 20.2 Å². The van der Waals surface area contributed by atoms with E-state index in [4.69, 9.17) is 23.2 Å². The third kappa shape index (κ3) is 5.48. The van der Waals surface area contributed by atoms with Crippen LogP contribution in [0, 0.1) is 5.92 Å². The summed E-state index contributed by atoms with van der Waals surface area (Å²) in [6.45, 7) is 2.88. The van der Waals surface area contributed by atoms with E-state index in [2.05, 4.69) is 0 Å². The topological polar surface area (TPSA) is 101 Å². The molecule has 152 valence electrons. The lowest BCUT2D eigenvalue weighted by Gasteiger charge is -2.44. The maximum Gasteiger partial charge on any atom is 0.407 e. The first-order valence-electron chi connectivity index (χ1n) is 8.42. The number of carbonyl (C=O) groups excluding carboxylic acids is 1. The number of aliphatic hydroxyl groups is 2. The van der Waals surface area contributed by atoms with Crippen LogP contribution in [0.25, 0.3) is 0 Å². The molecule has 7 nitrogen and oxygen atoms in total. The first-order valence-corrected chi connectivity index (χ1v) is 9.18. The van der Waals surface area contributed by atoms with Crippen molar-refractivity contribution in [3.63, 3.8) is 0 Å². The van der Waals surface area contributed by atoms with Gasteiger partial charge in [-0.1, -0.05) is 43.1 Å². The molecule has 0 fully saturated rings. The molecule has 0 spiro atoms. The monoisotopic (exact) mass is 420 g/mol. The van der Waals surface area contributed by atoms with Gasteiger partial charge in [-0.15, -0.1) is 0 Å². The number of halogens is 2. The zero-order valence-corrected chi connectivity index (χ0v) is 17.3. The molecule has 0 heterocycles. The molecule has 0 aliphatic rings. The zero-order chi connectivity index (χ0) is 20.9. The van der Waals surface area contributed by atoms with E-state index in [1.807, 2.05) is 0 Å². The van der Waals surface area contributed by atoms with E-state index in [1.54, 1.807) is 27.0 Å². The highest BCUT2D eigenvalue weighted by molar-refractivity contribution is 6.42. The minimum Gasteiger partial charge on any atom is -0.465 e. The van der Waals surface area contributed by atoms with Crippen LogP contribution in [0.5, 0.6) is 0 Å². The Hall–Kier alpha value is -1.54. The fourth-order valence-corrected chi connectivity index (χ4v) is 3.34. The normalized spacial score (nSPS) is 14.6. The standard InChI is InChI=1S/C18H26Cl2N2O5/c1-11(2)16(25)21(3)10-18(8-13(24)9-23,22(4)17(26)27)12-5-6-14(19)15(20)7-12/h5-7,11,13,23-24H,8-10H2,1-4H3,(H,26,27). The number of nitrogens with zero attached hydrogens (tertiary/aromatic N) is 2. The van der Waals surface area contributed by atoms with Crippen LogP contribution in [0.1, 0.15) is 25.8 Å². The molecule has 1 aromatic rings. The molecule has 0 saturated heterocycles. The Balaban J connectivity index is 3.58. The van der Waals surface area contributed by atoms with Gasteiger partial charge in [-0.2, -0.15) is 0 Å². The molecule has 0 aliphatic heterocycles. The summed E-state index contributed by atoms with van der Waals surface area (Å²) in [6, 6.07) is 4.64. The summed E-state index contributed by atoms with van der Waals surface area (Å²) in [7, 11) is 2.91. The summed E-state index contributed by atoms with van der Waals surface area (Å²) in [5.74, 6) is -0.476. The molecular weight excluding hydrogens is 395 g/mol. The van der Waals surface area contributed by atoms with Crippen LogP contribution in [-0.4, -0.2) is 70.5 Å². The molecule has 0 radical (unpaired) electrons. The number of amides is 2. The lowest BCUT2D eigenvalue weighted by atomic mass is 9.82. The highest BCUT2D eigenvalue weighted by Gasteiger charge is 2.43. The van der Waals surface area contributed by atoms with Crippen LogP contribution in [-0.2, 0) is 10.3 Å². The van der Waals surface area contributed by atoms with E-state index in [1.165, 1.54) is 24.1 Å². The molecule has 3 N–H and O–H groups in total. The Kier molecular flexibility index (Phi) is 8.35. The largest absolute Gasteiger partial charge is 0.465 e. The van der Waals surface area contributed by atoms with Crippen LogP contribution in [0.4, 0.5) is 4.79 Å². The second kappa shape index (κ2) is 9.59. The third-order valence-corrected chi connectivity index (χ3v) is 5.28. The smallest absolute Gasteiger partial charge is 0.407 e. The Morgan fingerprint density at radius 2 is 1.78 bits per heavy atom. The predicted molar refractivity (Wildman–Crippen MR) is 104 cm³/mol. The summed E-state index contributed by atoms with van der Waals surface area (Å²) in [4.78, 5) is 26.7. The molecule has 9 heteroatoms. The number of aliphatic hydroxyl groups excluding tert-OH is 2. The first kappa shape index (κ1) is 23.5. The number of rotatable bonds is 8. The Morgan fingerprint density at radius 3 is 2.22 bits per heavy atom. The van der Waals surface area contributed by atoms with Crippen molar-refractivity contribution in [3.05, 3.63) is 33.8 Å². The van der Waals surface area contributed by atoms with E-state index >= 15 is 0 Å². The van der Waals surface area contributed by atoms with Crippen molar-refractivity contribution < 1.29 is 24.9 Å². The van der Waals surface area contributed by atoms with Crippen molar-refractivity contribution in [3.8, 4) is 0 Å². The Labute approximate surface area is 169 Å². The highest BCUT2D eigenvalue weighted by atomic mass is 35.5. The molecular formula is C18H26Cl2N2O5. The fourth-order valence-electron chi connectivity index (χ4n) is 3.04. The molecule has 0 aromatic heterocycles. The molecule has 2 amide bonds. The maximum atomic E-state index is 12.4. The summed E-state index contributed by atoms with van der Waals surface area (Å²) in [5, 5.41) is 29.7. The average Bonchev–Trinajstić information content (AvgIpc) is 2.61. The van der Waals surface area contributed by atoms with E-state index in [0.29, 0.717) is 10.6 Å². The van der Waals surface area contributed by atoms with Gasteiger partial charge in [0.05, 0.1) is 28.3 Å². The number of carboxylic acid groups (broad SMARTS) is 1.